The van der Waals surface area contributed by atoms with Gasteiger partial charge >= 0.3 is 0 Å². The number of aliphatic imine (C=N–C) groups is 1. The molecular formula is C17H27IN4O3. The molecule has 0 aliphatic carbocycles. The molecule has 7 nitrogen and oxygen atoms in total. The van der Waals surface area contributed by atoms with Crippen molar-refractivity contribution in [2.75, 3.05) is 19.6 Å². The van der Waals surface area contributed by atoms with E-state index >= 15 is 0 Å². The number of rotatable bonds is 6. The Kier molecular flexibility index (Phi) is 8.95. The number of nitrogens with zero attached hydrogens (tertiary/aromatic N) is 2. The minimum atomic E-state index is -0.0983. The highest BCUT2D eigenvalue weighted by Crippen LogP contribution is 2.15. The lowest BCUT2D eigenvalue weighted by atomic mass is 10.1. The molecule has 1 aliphatic heterocycles. The first kappa shape index (κ1) is 21.5. The van der Waals surface area contributed by atoms with Gasteiger partial charge in [-0.2, -0.15) is 0 Å². The molecule has 1 aliphatic rings. The van der Waals surface area contributed by atoms with Crippen LogP contribution in [0.15, 0.2) is 21.5 Å². The molecular weight excluding hydrogens is 435 g/mol. The number of amides is 2. The van der Waals surface area contributed by atoms with Crippen molar-refractivity contribution in [3.8, 4) is 0 Å². The largest absolute Gasteiger partial charge is 0.464 e. The molecule has 0 aromatic carbocycles. The van der Waals surface area contributed by atoms with Crippen molar-refractivity contribution in [3.05, 3.63) is 23.7 Å². The van der Waals surface area contributed by atoms with E-state index in [9.17, 15) is 9.59 Å². The van der Waals surface area contributed by atoms with Gasteiger partial charge in [0.15, 0.2) is 5.96 Å². The van der Waals surface area contributed by atoms with Gasteiger partial charge in [0.1, 0.15) is 11.5 Å². The Morgan fingerprint density at radius 1 is 1.32 bits per heavy atom. The van der Waals surface area contributed by atoms with Gasteiger partial charge in [-0.05, 0) is 39.3 Å². The fourth-order valence-corrected chi connectivity index (χ4v) is 2.59. The van der Waals surface area contributed by atoms with Gasteiger partial charge in [-0.3, -0.25) is 19.5 Å². The smallest absolute Gasteiger partial charge is 0.229 e. The van der Waals surface area contributed by atoms with Crippen LogP contribution in [0, 0.1) is 6.92 Å². The summed E-state index contributed by atoms with van der Waals surface area (Å²) in [6.45, 7) is 7.29. The van der Waals surface area contributed by atoms with E-state index in [1.54, 1.807) is 0 Å². The maximum absolute atomic E-state index is 11.8. The number of likely N-dealkylation sites (tertiary alicyclic amines) is 1. The SMILES string of the molecule is CCNC(=NCCN1C(=O)CCCC1=O)NC(C)c1ccc(C)o1.I. The van der Waals surface area contributed by atoms with Crippen molar-refractivity contribution < 1.29 is 14.0 Å². The third-order valence-corrected chi connectivity index (χ3v) is 3.86. The molecule has 1 aromatic rings. The summed E-state index contributed by atoms with van der Waals surface area (Å²) in [5.74, 6) is 2.14. The van der Waals surface area contributed by atoms with Gasteiger partial charge in [0.05, 0.1) is 12.6 Å². The number of hydrogen-bond donors (Lipinski definition) is 2. The Hall–Kier alpha value is -1.58. The zero-order valence-electron chi connectivity index (χ0n) is 15.0. The third kappa shape index (κ3) is 6.33. The maximum atomic E-state index is 11.8. The number of furan rings is 1. The molecule has 0 bridgehead atoms. The number of carbonyl (C=O) groups is 2. The van der Waals surface area contributed by atoms with Gasteiger partial charge in [-0.15, -0.1) is 24.0 Å². The lowest BCUT2D eigenvalue weighted by molar-refractivity contribution is -0.147. The van der Waals surface area contributed by atoms with Crippen LogP contribution < -0.4 is 10.6 Å². The van der Waals surface area contributed by atoms with Crippen molar-refractivity contribution in [1.29, 1.82) is 0 Å². The first-order chi connectivity index (χ1) is 11.5. The monoisotopic (exact) mass is 462 g/mol. The van der Waals surface area contributed by atoms with Gasteiger partial charge < -0.3 is 15.1 Å². The predicted molar refractivity (Wildman–Crippen MR) is 107 cm³/mol. The number of aryl methyl sites for hydroxylation is 1. The average molecular weight is 462 g/mol. The topological polar surface area (TPSA) is 86.9 Å². The quantitative estimate of drug-likeness (QED) is 0.294. The molecule has 8 heteroatoms. The average Bonchev–Trinajstić information content (AvgIpc) is 2.97. The van der Waals surface area contributed by atoms with E-state index in [0.717, 1.165) is 18.1 Å². The highest BCUT2D eigenvalue weighted by atomic mass is 127. The van der Waals surface area contributed by atoms with E-state index < -0.39 is 0 Å². The van der Waals surface area contributed by atoms with Gasteiger partial charge in [0.25, 0.3) is 0 Å². The second-order valence-corrected chi connectivity index (χ2v) is 5.87. The summed E-state index contributed by atoms with van der Waals surface area (Å²) in [6.07, 6.45) is 1.55. The molecule has 1 atom stereocenters. The highest BCUT2D eigenvalue weighted by molar-refractivity contribution is 14.0. The van der Waals surface area contributed by atoms with E-state index in [4.69, 9.17) is 4.42 Å². The lowest BCUT2D eigenvalue weighted by Gasteiger charge is -2.24. The molecule has 25 heavy (non-hydrogen) atoms. The summed E-state index contributed by atoms with van der Waals surface area (Å²) < 4.78 is 5.61. The fraction of sp³-hybridized carbons (Fsp3) is 0.588. The summed E-state index contributed by atoms with van der Waals surface area (Å²) in [6, 6.07) is 3.82. The standard InChI is InChI=1S/C17H26N4O3.HI/c1-4-18-17(20-13(3)14-9-8-12(2)24-14)19-10-11-21-15(22)6-5-7-16(21)23;/h8-9,13H,4-7,10-11H2,1-3H3,(H2,18,19,20);1H. The summed E-state index contributed by atoms with van der Waals surface area (Å²) in [4.78, 5) is 29.3. The normalized spacial score (nSPS) is 16.4. The van der Waals surface area contributed by atoms with Crippen molar-refractivity contribution in [3.63, 3.8) is 0 Å². The van der Waals surface area contributed by atoms with Crippen molar-refractivity contribution in [2.24, 2.45) is 4.99 Å². The maximum Gasteiger partial charge on any atom is 0.229 e. The Morgan fingerprint density at radius 3 is 2.56 bits per heavy atom. The van der Waals surface area contributed by atoms with Crippen LogP contribution in [0.5, 0.6) is 0 Å². The van der Waals surface area contributed by atoms with E-state index in [1.165, 1.54) is 4.90 Å². The number of nitrogens with one attached hydrogen (secondary N) is 2. The summed E-state index contributed by atoms with van der Waals surface area (Å²) >= 11 is 0. The molecule has 2 rings (SSSR count). The first-order valence-electron chi connectivity index (χ1n) is 8.45. The molecule has 0 saturated carbocycles. The number of guanidine groups is 1. The van der Waals surface area contributed by atoms with Crippen LogP contribution in [0.2, 0.25) is 0 Å². The molecule has 0 radical (unpaired) electrons. The minimum Gasteiger partial charge on any atom is -0.464 e. The zero-order valence-corrected chi connectivity index (χ0v) is 17.3. The number of carbonyl (C=O) groups excluding carboxylic acids is 2. The highest BCUT2D eigenvalue weighted by Gasteiger charge is 2.25. The first-order valence-corrected chi connectivity index (χ1v) is 8.45. The van der Waals surface area contributed by atoms with Gasteiger partial charge in [0, 0.05) is 25.9 Å². The minimum absolute atomic E-state index is 0. The van der Waals surface area contributed by atoms with Crippen molar-refractivity contribution in [1.82, 2.24) is 15.5 Å². The second kappa shape index (κ2) is 10.4. The van der Waals surface area contributed by atoms with Crippen LogP contribution >= 0.6 is 24.0 Å². The fourth-order valence-electron chi connectivity index (χ4n) is 2.59. The summed E-state index contributed by atoms with van der Waals surface area (Å²) in [7, 11) is 0. The van der Waals surface area contributed by atoms with E-state index in [1.807, 2.05) is 32.9 Å². The molecule has 0 spiro atoms. The number of hydrogen-bond acceptors (Lipinski definition) is 4. The third-order valence-electron chi connectivity index (χ3n) is 3.86. The lowest BCUT2D eigenvalue weighted by Crippen LogP contribution is -2.42. The molecule has 1 saturated heterocycles. The van der Waals surface area contributed by atoms with Crippen LogP contribution in [0.3, 0.4) is 0 Å². The summed E-state index contributed by atoms with van der Waals surface area (Å²) in [5.41, 5.74) is 0. The van der Waals surface area contributed by atoms with Crippen LogP contribution in [0.1, 0.15) is 50.7 Å². The molecule has 1 aromatic heterocycles. The van der Waals surface area contributed by atoms with Crippen LogP contribution in [0.25, 0.3) is 0 Å². The molecule has 140 valence electrons. The molecule has 1 unspecified atom stereocenters. The van der Waals surface area contributed by atoms with E-state index in [-0.39, 0.29) is 41.8 Å². The molecule has 2 heterocycles. The predicted octanol–water partition coefficient (Wildman–Crippen LogP) is 2.36. The van der Waals surface area contributed by atoms with Crippen molar-refractivity contribution in [2.45, 2.75) is 46.1 Å². The Balaban J connectivity index is 0.00000312. The second-order valence-electron chi connectivity index (χ2n) is 5.87. The summed E-state index contributed by atoms with van der Waals surface area (Å²) in [5, 5.41) is 6.42. The Bertz CT molecular complexity index is 599. The van der Waals surface area contributed by atoms with E-state index in [2.05, 4.69) is 15.6 Å². The van der Waals surface area contributed by atoms with Gasteiger partial charge in [-0.25, -0.2) is 0 Å². The molecule has 2 N–H and O–H groups in total. The van der Waals surface area contributed by atoms with E-state index in [0.29, 0.717) is 38.3 Å². The van der Waals surface area contributed by atoms with Crippen molar-refractivity contribution >= 4 is 41.8 Å². The van der Waals surface area contributed by atoms with Crippen LogP contribution in [-0.4, -0.2) is 42.3 Å². The van der Waals surface area contributed by atoms with Crippen LogP contribution in [0.4, 0.5) is 0 Å². The molecule has 2 amide bonds. The number of piperidine rings is 1. The molecule has 1 fully saturated rings. The number of halogens is 1. The Morgan fingerprint density at radius 2 is 2.00 bits per heavy atom. The zero-order chi connectivity index (χ0) is 17.5. The Labute approximate surface area is 165 Å². The number of imide groups is 1. The van der Waals surface area contributed by atoms with Gasteiger partial charge in [-0.1, -0.05) is 0 Å². The van der Waals surface area contributed by atoms with Crippen LogP contribution in [-0.2, 0) is 9.59 Å². The van der Waals surface area contributed by atoms with Gasteiger partial charge in [0.2, 0.25) is 11.8 Å².